The number of alkyl halides is 3. The molecule has 0 saturated heterocycles. The zero-order valence-electron chi connectivity index (χ0n) is 18.2. The Morgan fingerprint density at radius 3 is 2.42 bits per heavy atom. The number of nitrogens with zero attached hydrogens (tertiary/aromatic N) is 2. The Kier molecular flexibility index (Phi) is 6.87. The second-order valence-corrected chi connectivity index (χ2v) is 7.69. The number of halogens is 3. The van der Waals surface area contributed by atoms with Crippen molar-refractivity contribution in [3.05, 3.63) is 76.6 Å². The molecule has 2 aromatic carbocycles. The van der Waals surface area contributed by atoms with E-state index in [1.165, 1.54) is 18.2 Å². The van der Waals surface area contributed by atoms with E-state index in [4.69, 9.17) is 0 Å². The number of aromatic nitrogens is 2. The first kappa shape index (κ1) is 24.0. The minimum atomic E-state index is -4.79. The maximum Gasteiger partial charge on any atom is 0.435 e. The molecule has 0 unspecified atom stereocenters. The topological polar surface area (TPSA) is 96.3 Å². The standard InChI is InChI=1S/C23H23F3N4O3/c1-13(2)27-21(32)16-9-6-7-14(3)20(16)28-22(33)18-11-19(23(24,25)26)29-30(18)17-10-5-4-8-15(17)12-31/h4-11,13,31H,12H2,1-3H3,(H,27,32)(H,28,33). The van der Waals surface area contributed by atoms with Crippen molar-refractivity contribution >= 4 is 17.5 Å². The van der Waals surface area contributed by atoms with Crippen molar-refractivity contribution < 1.29 is 27.9 Å². The average Bonchev–Trinajstić information content (AvgIpc) is 3.20. The Labute approximate surface area is 188 Å². The zero-order valence-corrected chi connectivity index (χ0v) is 18.2. The largest absolute Gasteiger partial charge is 0.435 e. The summed E-state index contributed by atoms with van der Waals surface area (Å²) in [5.74, 6) is -1.32. The predicted octanol–water partition coefficient (Wildman–Crippen LogP) is 4.08. The number of aliphatic hydroxyl groups is 1. The molecule has 0 fully saturated rings. The van der Waals surface area contributed by atoms with Gasteiger partial charge in [0.05, 0.1) is 23.5 Å². The van der Waals surface area contributed by atoms with Gasteiger partial charge in [-0.2, -0.15) is 18.3 Å². The van der Waals surface area contributed by atoms with Gasteiger partial charge in [0.15, 0.2) is 5.69 Å². The van der Waals surface area contributed by atoms with Crippen LogP contribution in [0.1, 0.15) is 51.5 Å². The van der Waals surface area contributed by atoms with Crippen molar-refractivity contribution in [2.24, 2.45) is 0 Å². The second kappa shape index (κ2) is 9.45. The summed E-state index contributed by atoms with van der Waals surface area (Å²) in [6.07, 6.45) is -4.79. The van der Waals surface area contributed by atoms with E-state index in [-0.39, 0.29) is 28.5 Å². The monoisotopic (exact) mass is 460 g/mol. The van der Waals surface area contributed by atoms with Crippen molar-refractivity contribution in [3.8, 4) is 5.69 Å². The third-order valence-corrected chi connectivity index (χ3v) is 4.80. The van der Waals surface area contributed by atoms with Crippen LogP contribution < -0.4 is 10.6 Å². The number of amides is 2. The number of hydrogen-bond donors (Lipinski definition) is 3. The molecular formula is C23H23F3N4O3. The van der Waals surface area contributed by atoms with E-state index in [0.29, 0.717) is 11.6 Å². The van der Waals surface area contributed by atoms with Crippen LogP contribution in [0, 0.1) is 6.92 Å². The van der Waals surface area contributed by atoms with Gasteiger partial charge in [0.1, 0.15) is 5.69 Å². The number of benzene rings is 2. The van der Waals surface area contributed by atoms with Crippen LogP contribution in [0.4, 0.5) is 18.9 Å². The fourth-order valence-electron chi connectivity index (χ4n) is 3.26. The smallest absolute Gasteiger partial charge is 0.392 e. The fraction of sp³-hybridized carbons (Fsp3) is 0.261. The Morgan fingerprint density at radius 1 is 1.09 bits per heavy atom. The maximum absolute atomic E-state index is 13.4. The quantitative estimate of drug-likeness (QED) is 0.517. The van der Waals surface area contributed by atoms with Crippen LogP contribution in [-0.4, -0.2) is 32.7 Å². The maximum atomic E-state index is 13.4. The Balaban J connectivity index is 2.09. The van der Waals surface area contributed by atoms with E-state index in [0.717, 1.165) is 4.68 Å². The lowest BCUT2D eigenvalue weighted by Crippen LogP contribution is -2.31. The number of aryl methyl sites for hydroxylation is 1. The lowest BCUT2D eigenvalue weighted by molar-refractivity contribution is -0.141. The van der Waals surface area contributed by atoms with Gasteiger partial charge in [-0.05, 0) is 38.5 Å². The molecule has 10 heteroatoms. The highest BCUT2D eigenvalue weighted by Crippen LogP contribution is 2.31. The lowest BCUT2D eigenvalue weighted by atomic mass is 10.1. The van der Waals surface area contributed by atoms with E-state index in [1.807, 2.05) is 0 Å². The third kappa shape index (κ3) is 5.23. The number of para-hydroxylation sites is 2. The molecule has 7 nitrogen and oxygen atoms in total. The summed E-state index contributed by atoms with van der Waals surface area (Å²) in [5, 5.41) is 18.5. The third-order valence-electron chi connectivity index (χ3n) is 4.80. The first-order valence-electron chi connectivity index (χ1n) is 10.1. The van der Waals surface area contributed by atoms with Gasteiger partial charge in [0.2, 0.25) is 0 Å². The van der Waals surface area contributed by atoms with Crippen LogP contribution in [0.5, 0.6) is 0 Å². The van der Waals surface area contributed by atoms with Gasteiger partial charge in [0, 0.05) is 17.7 Å². The van der Waals surface area contributed by atoms with E-state index in [9.17, 15) is 27.9 Å². The number of carbonyl (C=O) groups excluding carboxylic acids is 2. The highest BCUT2D eigenvalue weighted by Gasteiger charge is 2.36. The Hall–Kier alpha value is -3.66. The highest BCUT2D eigenvalue weighted by molar-refractivity contribution is 6.09. The molecule has 0 bridgehead atoms. The molecule has 0 aliphatic carbocycles. The number of rotatable bonds is 6. The van der Waals surface area contributed by atoms with Crippen LogP contribution in [-0.2, 0) is 12.8 Å². The molecule has 33 heavy (non-hydrogen) atoms. The molecule has 174 valence electrons. The van der Waals surface area contributed by atoms with Crippen LogP contribution in [0.25, 0.3) is 5.69 Å². The van der Waals surface area contributed by atoms with Crippen molar-refractivity contribution in [3.63, 3.8) is 0 Å². The summed E-state index contributed by atoms with van der Waals surface area (Å²) in [4.78, 5) is 25.8. The zero-order chi connectivity index (χ0) is 24.3. The van der Waals surface area contributed by atoms with E-state index in [2.05, 4.69) is 15.7 Å². The molecule has 3 rings (SSSR count). The first-order chi connectivity index (χ1) is 15.5. The van der Waals surface area contributed by atoms with Crippen LogP contribution >= 0.6 is 0 Å². The van der Waals surface area contributed by atoms with Crippen molar-refractivity contribution in [1.29, 1.82) is 0 Å². The molecule has 2 amide bonds. The van der Waals surface area contributed by atoms with Crippen LogP contribution in [0.3, 0.4) is 0 Å². The van der Waals surface area contributed by atoms with Gasteiger partial charge in [-0.3, -0.25) is 9.59 Å². The summed E-state index contributed by atoms with van der Waals surface area (Å²) >= 11 is 0. The van der Waals surface area contributed by atoms with Gasteiger partial charge in [-0.15, -0.1) is 0 Å². The van der Waals surface area contributed by atoms with Crippen LogP contribution in [0.2, 0.25) is 0 Å². The van der Waals surface area contributed by atoms with Crippen molar-refractivity contribution in [2.75, 3.05) is 5.32 Å². The van der Waals surface area contributed by atoms with Gasteiger partial charge in [-0.1, -0.05) is 30.3 Å². The summed E-state index contributed by atoms with van der Waals surface area (Å²) in [6, 6.07) is 11.4. The van der Waals surface area contributed by atoms with Gasteiger partial charge in [-0.25, -0.2) is 4.68 Å². The molecule has 3 aromatic rings. The van der Waals surface area contributed by atoms with Crippen molar-refractivity contribution in [1.82, 2.24) is 15.1 Å². The SMILES string of the molecule is Cc1cccc(C(=O)NC(C)C)c1NC(=O)c1cc(C(F)(F)F)nn1-c1ccccc1CO. The van der Waals surface area contributed by atoms with Gasteiger partial charge in [0.25, 0.3) is 11.8 Å². The summed E-state index contributed by atoms with van der Waals surface area (Å²) in [7, 11) is 0. The highest BCUT2D eigenvalue weighted by atomic mass is 19.4. The molecule has 1 heterocycles. The number of aliphatic hydroxyl groups excluding tert-OH is 1. The van der Waals surface area contributed by atoms with E-state index >= 15 is 0 Å². The van der Waals surface area contributed by atoms with Gasteiger partial charge >= 0.3 is 6.18 Å². The fourth-order valence-corrected chi connectivity index (χ4v) is 3.26. The molecule has 0 aliphatic rings. The minimum Gasteiger partial charge on any atom is -0.392 e. The first-order valence-corrected chi connectivity index (χ1v) is 10.1. The summed E-state index contributed by atoms with van der Waals surface area (Å²) in [6.45, 7) is 4.76. The second-order valence-electron chi connectivity index (χ2n) is 7.69. The molecule has 3 N–H and O–H groups in total. The number of carbonyl (C=O) groups is 2. The minimum absolute atomic E-state index is 0.128. The number of nitrogens with one attached hydrogen (secondary N) is 2. The normalized spacial score (nSPS) is 11.5. The lowest BCUT2D eigenvalue weighted by Gasteiger charge is -2.16. The number of hydrogen-bond acceptors (Lipinski definition) is 4. The molecule has 1 aromatic heterocycles. The molecule has 0 aliphatic heterocycles. The van der Waals surface area contributed by atoms with E-state index < -0.39 is 36.0 Å². The number of anilines is 1. The molecular weight excluding hydrogens is 437 g/mol. The summed E-state index contributed by atoms with van der Waals surface area (Å²) in [5.41, 5.74) is -0.339. The van der Waals surface area contributed by atoms with Crippen molar-refractivity contribution in [2.45, 2.75) is 39.6 Å². The summed E-state index contributed by atoms with van der Waals surface area (Å²) < 4.78 is 41.1. The average molecular weight is 460 g/mol. The molecule has 0 spiro atoms. The Bertz CT molecular complexity index is 1190. The molecule has 0 radical (unpaired) electrons. The van der Waals surface area contributed by atoms with Crippen LogP contribution in [0.15, 0.2) is 48.5 Å². The van der Waals surface area contributed by atoms with Gasteiger partial charge < -0.3 is 15.7 Å². The molecule has 0 atom stereocenters. The van der Waals surface area contributed by atoms with E-state index in [1.54, 1.807) is 45.0 Å². The Morgan fingerprint density at radius 2 is 1.79 bits per heavy atom. The molecule has 0 saturated carbocycles. The predicted molar refractivity (Wildman–Crippen MR) is 116 cm³/mol.